The number of nitrogens with zero attached hydrogens (tertiary/aromatic N) is 4. The molecule has 0 saturated heterocycles. The highest BCUT2D eigenvalue weighted by atomic mass is 127. The third-order valence-electron chi connectivity index (χ3n) is 3.23. The van der Waals surface area contributed by atoms with E-state index >= 15 is 0 Å². The van der Waals surface area contributed by atoms with E-state index in [1.54, 1.807) is 16.2 Å². The van der Waals surface area contributed by atoms with Crippen LogP contribution < -0.4 is 0 Å². The molecule has 2 aromatic rings. The molecule has 1 aliphatic rings. The first-order valence-corrected chi connectivity index (χ1v) is 8.01. The lowest BCUT2D eigenvalue weighted by Crippen LogP contribution is -2.27. The molecule has 19 heavy (non-hydrogen) atoms. The minimum Gasteiger partial charge on any atom is -0.334 e. The lowest BCUT2D eigenvalue weighted by molar-refractivity contribution is 0.0780. The molecule has 0 atom stereocenters. The second-order valence-electron chi connectivity index (χ2n) is 4.59. The van der Waals surface area contributed by atoms with E-state index in [0.717, 1.165) is 39.5 Å². The maximum absolute atomic E-state index is 12.3. The number of rotatable bonds is 3. The number of fused-ring (bicyclic) bond motifs is 1. The molecule has 0 N–H and O–H groups in total. The summed E-state index contributed by atoms with van der Waals surface area (Å²) in [6, 6.07) is 1.91. The second kappa shape index (κ2) is 5.20. The number of carbonyl (C=O) groups is 1. The first-order chi connectivity index (χ1) is 9.15. The Morgan fingerprint density at radius 1 is 1.58 bits per heavy atom. The smallest absolute Gasteiger partial charge is 0.254 e. The number of hydrogen-bond acceptors (Lipinski definition) is 4. The molecule has 0 spiro atoms. The minimum absolute atomic E-state index is 0.0366. The number of thiophene rings is 1. The highest BCUT2D eigenvalue weighted by Gasteiger charge is 2.20. The first-order valence-electron chi connectivity index (χ1n) is 6.05. The van der Waals surface area contributed by atoms with Crippen LogP contribution in [0.5, 0.6) is 0 Å². The van der Waals surface area contributed by atoms with E-state index < -0.39 is 0 Å². The third-order valence-corrected chi connectivity index (χ3v) is 5.01. The zero-order valence-corrected chi connectivity index (χ0v) is 13.4. The van der Waals surface area contributed by atoms with Gasteiger partial charge in [0.15, 0.2) is 5.82 Å². The predicted octanol–water partition coefficient (Wildman–Crippen LogP) is 2.16. The fourth-order valence-electron chi connectivity index (χ4n) is 2.25. The Hall–Kier alpha value is -0.960. The average molecular weight is 388 g/mol. The van der Waals surface area contributed by atoms with Gasteiger partial charge in [0.1, 0.15) is 5.82 Å². The van der Waals surface area contributed by atoms with Crippen LogP contribution in [0.4, 0.5) is 0 Å². The van der Waals surface area contributed by atoms with Crippen molar-refractivity contribution in [1.29, 1.82) is 0 Å². The van der Waals surface area contributed by atoms with Gasteiger partial charge in [0, 0.05) is 25.4 Å². The monoisotopic (exact) mass is 388 g/mol. The van der Waals surface area contributed by atoms with Crippen LogP contribution in [0.15, 0.2) is 11.4 Å². The lowest BCUT2D eigenvalue weighted by Gasteiger charge is -2.16. The molecule has 0 radical (unpaired) electrons. The largest absolute Gasteiger partial charge is 0.334 e. The number of halogens is 1. The van der Waals surface area contributed by atoms with E-state index in [4.69, 9.17) is 0 Å². The van der Waals surface area contributed by atoms with Gasteiger partial charge in [0.05, 0.1) is 15.0 Å². The van der Waals surface area contributed by atoms with Gasteiger partial charge in [0.25, 0.3) is 5.91 Å². The topological polar surface area (TPSA) is 51.0 Å². The van der Waals surface area contributed by atoms with Crippen LogP contribution in [0.1, 0.15) is 28.4 Å². The Balaban J connectivity index is 1.74. The van der Waals surface area contributed by atoms with Crippen molar-refractivity contribution in [3.63, 3.8) is 0 Å². The molecule has 7 heteroatoms. The fraction of sp³-hybridized carbons (Fsp3) is 0.417. The van der Waals surface area contributed by atoms with Crippen molar-refractivity contribution in [2.75, 3.05) is 7.05 Å². The maximum Gasteiger partial charge on any atom is 0.254 e. The van der Waals surface area contributed by atoms with Crippen molar-refractivity contribution in [2.45, 2.75) is 25.9 Å². The van der Waals surface area contributed by atoms with Crippen LogP contribution in [-0.4, -0.2) is 32.6 Å². The molecule has 100 valence electrons. The molecule has 1 amide bonds. The van der Waals surface area contributed by atoms with Gasteiger partial charge in [-0.3, -0.25) is 4.79 Å². The zero-order valence-electron chi connectivity index (χ0n) is 10.5. The molecule has 0 saturated carbocycles. The minimum atomic E-state index is 0.0366. The third kappa shape index (κ3) is 2.53. The van der Waals surface area contributed by atoms with E-state index in [-0.39, 0.29) is 5.91 Å². The molecule has 3 heterocycles. The van der Waals surface area contributed by atoms with Gasteiger partial charge in [0.2, 0.25) is 0 Å². The van der Waals surface area contributed by atoms with Crippen molar-refractivity contribution in [1.82, 2.24) is 19.7 Å². The molecule has 0 unspecified atom stereocenters. The summed E-state index contributed by atoms with van der Waals surface area (Å²) in [5.41, 5.74) is 0.748. The Labute approximate surface area is 128 Å². The molecule has 0 bridgehead atoms. The Morgan fingerprint density at radius 2 is 2.42 bits per heavy atom. The van der Waals surface area contributed by atoms with Crippen molar-refractivity contribution in [2.24, 2.45) is 0 Å². The molecule has 3 rings (SSSR count). The SMILES string of the molecule is CN(Cc1nnc2n1CCC2)C(=O)c1csc(I)c1. The summed E-state index contributed by atoms with van der Waals surface area (Å²) in [5, 5.41) is 10.2. The molecule has 2 aromatic heterocycles. The van der Waals surface area contributed by atoms with Crippen LogP contribution in [0, 0.1) is 2.88 Å². The Kier molecular flexibility index (Phi) is 3.57. The van der Waals surface area contributed by atoms with E-state index in [1.807, 2.05) is 18.5 Å². The maximum atomic E-state index is 12.3. The van der Waals surface area contributed by atoms with Gasteiger partial charge >= 0.3 is 0 Å². The van der Waals surface area contributed by atoms with Crippen LogP contribution >= 0.6 is 33.9 Å². The molecular weight excluding hydrogens is 375 g/mol. The lowest BCUT2D eigenvalue weighted by atomic mass is 10.3. The van der Waals surface area contributed by atoms with E-state index in [2.05, 4.69) is 37.4 Å². The zero-order chi connectivity index (χ0) is 13.4. The van der Waals surface area contributed by atoms with E-state index in [0.29, 0.717) is 6.54 Å². The van der Waals surface area contributed by atoms with E-state index in [9.17, 15) is 4.79 Å². The van der Waals surface area contributed by atoms with Crippen LogP contribution in [0.25, 0.3) is 0 Å². The summed E-state index contributed by atoms with van der Waals surface area (Å²) in [6.07, 6.45) is 2.12. The summed E-state index contributed by atoms with van der Waals surface area (Å²) < 4.78 is 3.25. The van der Waals surface area contributed by atoms with Crippen molar-refractivity contribution >= 4 is 39.8 Å². The van der Waals surface area contributed by atoms with Crippen molar-refractivity contribution < 1.29 is 4.79 Å². The first kappa shape index (κ1) is 13.0. The number of amides is 1. The normalized spacial score (nSPS) is 13.6. The summed E-state index contributed by atoms with van der Waals surface area (Å²) in [7, 11) is 1.81. The van der Waals surface area contributed by atoms with Crippen molar-refractivity contribution in [3.05, 3.63) is 31.5 Å². The number of hydrogen-bond donors (Lipinski definition) is 0. The van der Waals surface area contributed by atoms with Gasteiger partial charge in [-0.1, -0.05) is 0 Å². The van der Waals surface area contributed by atoms with Crippen molar-refractivity contribution in [3.8, 4) is 0 Å². The average Bonchev–Trinajstić information content (AvgIpc) is 3.06. The molecule has 0 aliphatic carbocycles. The molecule has 0 aromatic carbocycles. The van der Waals surface area contributed by atoms with Gasteiger partial charge in [-0.2, -0.15) is 0 Å². The summed E-state index contributed by atoms with van der Waals surface area (Å²) in [4.78, 5) is 14.0. The number of aryl methyl sites for hydroxylation is 1. The summed E-state index contributed by atoms with van der Waals surface area (Å²) >= 11 is 3.81. The highest BCUT2D eigenvalue weighted by Crippen LogP contribution is 2.19. The molecule has 1 aliphatic heterocycles. The van der Waals surface area contributed by atoms with Gasteiger partial charge in [-0.15, -0.1) is 21.5 Å². The second-order valence-corrected chi connectivity index (χ2v) is 7.39. The quantitative estimate of drug-likeness (QED) is 0.758. The van der Waals surface area contributed by atoms with Gasteiger partial charge < -0.3 is 9.47 Å². The Bertz CT molecular complexity index is 621. The van der Waals surface area contributed by atoms with Gasteiger partial charge in [-0.05, 0) is 35.1 Å². The van der Waals surface area contributed by atoms with Gasteiger partial charge in [-0.25, -0.2) is 0 Å². The standard InChI is InChI=1S/C12H13IN4OS/c1-16(12(18)8-5-9(13)19-7-8)6-11-15-14-10-3-2-4-17(10)11/h5,7H,2-4,6H2,1H3. The van der Waals surface area contributed by atoms with E-state index in [1.165, 1.54) is 0 Å². The van der Waals surface area contributed by atoms with Crippen LogP contribution in [0.3, 0.4) is 0 Å². The summed E-state index contributed by atoms with van der Waals surface area (Å²) in [5.74, 6) is 1.96. The fourth-order valence-corrected chi connectivity index (χ4v) is 3.57. The van der Waals surface area contributed by atoms with Crippen LogP contribution in [-0.2, 0) is 19.5 Å². The predicted molar refractivity (Wildman–Crippen MR) is 81.2 cm³/mol. The molecule has 0 fully saturated rings. The number of aromatic nitrogens is 3. The Morgan fingerprint density at radius 3 is 3.16 bits per heavy atom. The summed E-state index contributed by atoms with van der Waals surface area (Å²) in [6.45, 7) is 1.48. The molecule has 5 nitrogen and oxygen atoms in total. The van der Waals surface area contributed by atoms with Crippen LogP contribution in [0.2, 0.25) is 0 Å². The molecular formula is C12H13IN4OS. The number of carbonyl (C=O) groups excluding carboxylic acids is 1. The highest BCUT2D eigenvalue weighted by molar-refractivity contribution is 14.1.